The van der Waals surface area contributed by atoms with Crippen molar-refractivity contribution < 1.29 is 0 Å². The predicted octanol–water partition coefficient (Wildman–Crippen LogP) is 4.68. The Morgan fingerprint density at radius 1 is 0.895 bits per heavy atom. The second kappa shape index (κ2) is 5.54. The smallest absolute Gasteiger partial charge is 0.0622 e. The Labute approximate surface area is 119 Å². The van der Waals surface area contributed by atoms with E-state index < -0.39 is 0 Å². The minimum absolute atomic E-state index is 0.762. The highest BCUT2D eigenvalue weighted by Crippen LogP contribution is 2.31. The quantitative estimate of drug-likeness (QED) is 0.872. The topological polar surface area (TPSA) is 15.3 Å². The number of para-hydroxylation sites is 2. The lowest BCUT2D eigenvalue weighted by Crippen LogP contribution is -2.18. The summed E-state index contributed by atoms with van der Waals surface area (Å²) in [6.45, 7) is 2.30. The van der Waals surface area contributed by atoms with Gasteiger partial charge in [0.1, 0.15) is 0 Å². The Morgan fingerprint density at radius 3 is 2.32 bits per heavy atom. The molecule has 0 aromatic heterocycles. The molecular formula is C16H17ClN2. The monoisotopic (exact) mass is 272 g/mol. The summed E-state index contributed by atoms with van der Waals surface area (Å²) in [6.07, 6.45) is 2.57. The Hall–Kier alpha value is -1.67. The number of nitrogens with zero attached hydrogens (tertiary/aromatic N) is 1. The van der Waals surface area contributed by atoms with E-state index in [1.807, 2.05) is 24.3 Å². The van der Waals surface area contributed by atoms with Crippen molar-refractivity contribution in [2.24, 2.45) is 0 Å². The maximum Gasteiger partial charge on any atom is 0.0622 e. The molecule has 3 rings (SSSR count). The molecule has 3 heteroatoms. The third-order valence-electron chi connectivity index (χ3n) is 3.47. The van der Waals surface area contributed by atoms with Crippen LogP contribution in [0.5, 0.6) is 0 Å². The molecule has 98 valence electrons. The maximum atomic E-state index is 5.91. The molecule has 19 heavy (non-hydrogen) atoms. The molecule has 0 saturated carbocycles. The molecule has 0 bridgehead atoms. The standard InChI is InChI=1S/C16H17ClN2/c17-13-7-9-14(10-8-13)18-15-5-1-2-6-16(15)19-11-3-4-12-19/h1-2,5-10,18H,3-4,11-12H2. The van der Waals surface area contributed by atoms with Crippen LogP contribution in [-0.4, -0.2) is 13.1 Å². The minimum atomic E-state index is 0.762. The van der Waals surface area contributed by atoms with Crippen LogP contribution in [0.2, 0.25) is 5.02 Å². The first-order valence-electron chi connectivity index (χ1n) is 6.69. The molecule has 0 amide bonds. The molecule has 1 saturated heterocycles. The summed E-state index contributed by atoms with van der Waals surface area (Å²) in [7, 11) is 0. The highest BCUT2D eigenvalue weighted by molar-refractivity contribution is 6.30. The summed E-state index contributed by atoms with van der Waals surface area (Å²) in [5.74, 6) is 0. The van der Waals surface area contributed by atoms with Gasteiger partial charge in [0.2, 0.25) is 0 Å². The van der Waals surface area contributed by atoms with Gasteiger partial charge in [-0.3, -0.25) is 0 Å². The maximum absolute atomic E-state index is 5.91. The van der Waals surface area contributed by atoms with Gasteiger partial charge in [-0.1, -0.05) is 23.7 Å². The van der Waals surface area contributed by atoms with Crippen molar-refractivity contribution in [3.05, 3.63) is 53.6 Å². The molecule has 1 heterocycles. The number of anilines is 3. The zero-order valence-corrected chi connectivity index (χ0v) is 11.5. The van der Waals surface area contributed by atoms with Crippen LogP contribution in [0.15, 0.2) is 48.5 Å². The summed E-state index contributed by atoms with van der Waals surface area (Å²) in [6, 6.07) is 16.3. The SMILES string of the molecule is Clc1ccc(Nc2ccccc2N2CCCC2)cc1. The first kappa shape index (κ1) is 12.4. The van der Waals surface area contributed by atoms with Crippen LogP contribution in [0.3, 0.4) is 0 Å². The number of hydrogen-bond acceptors (Lipinski definition) is 2. The zero-order valence-electron chi connectivity index (χ0n) is 10.8. The molecule has 0 aliphatic carbocycles. The fourth-order valence-electron chi connectivity index (χ4n) is 2.50. The predicted molar refractivity (Wildman–Crippen MR) is 82.6 cm³/mol. The van der Waals surface area contributed by atoms with E-state index in [1.54, 1.807) is 0 Å². The first-order chi connectivity index (χ1) is 9.33. The van der Waals surface area contributed by atoms with Gasteiger partial charge in [-0.15, -0.1) is 0 Å². The van der Waals surface area contributed by atoms with Crippen LogP contribution in [0.25, 0.3) is 0 Å². The number of hydrogen-bond donors (Lipinski definition) is 1. The van der Waals surface area contributed by atoms with Gasteiger partial charge in [0.05, 0.1) is 11.4 Å². The van der Waals surface area contributed by atoms with E-state index >= 15 is 0 Å². The largest absolute Gasteiger partial charge is 0.370 e. The Kier molecular flexibility index (Phi) is 3.60. The third-order valence-corrected chi connectivity index (χ3v) is 3.73. The minimum Gasteiger partial charge on any atom is -0.370 e. The summed E-state index contributed by atoms with van der Waals surface area (Å²) in [4.78, 5) is 2.44. The molecule has 2 aromatic rings. The van der Waals surface area contributed by atoms with Crippen LogP contribution in [-0.2, 0) is 0 Å². The van der Waals surface area contributed by atoms with Crippen molar-refractivity contribution in [3.8, 4) is 0 Å². The molecule has 0 atom stereocenters. The highest BCUT2D eigenvalue weighted by Gasteiger charge is 2.15. The van der Waals surface area contributed by atoms with Crippen LogP contribution in [0, 0.1) is 0 Å². The Balaban J connectivity index is 1.85. The molecule has 0 radical (unpaired) electrons. The van der Waals surface area contributed by atoms with Gasteiger partial charge in [-0.05, 0) is 49.2 Å². The molecule has 0 spiro atoms. The number of rotatable bonds is 3. The van der Waals surface area contributed by atoms with Gasteiger partial charge in [-0.25, -0.2) is 0 Å². The lowest BCUT2D eigenvalue weighted by Gasteiger charge is -2.22. The molecule has 2 nitrogen and oxygen atoms in total. The third kappa shape index (κ3) is 2.85. The molecular weight excluding hydrogens is 256 g/mol. The molecule has 1 fully saturated rings. The normalized spacial score (nSPS) is 14.7. The second-order valence-electron chi connectivity index (χ2n) is 4.84. The first-order valence-corrected chi connectivity index (χ1v) is 7.07. The molecule has 2 aromatic carbocycles. The van der Waals surface area contributed by atoms with Crippen molar-refractivity contribution >= 4 is 28.7 Å². The van der Waals surface area contributed by atoms with Crippen molar-refractivity contribution in [2.75, 3.05) is 23.3 Å². The summed E-state index contributed by atoms with van der Waals surface area (Å²) in [5.41, 5.74) is 3.51. The van der Waals surface area contributed by atoms with E-state index in [0.29, 0.717) is 0 Å². The van der Waals surface area contributed by atoms with Gasteiger partial charge in [0, 0.05) is 23.8 Å². The van der Waals surface area contributed by atoms with Crippen molar-refractivity contribution in [1.82, 2.24) is 0 Å². The second-order valence-corrected chi connectivity index (χ2v) is 5.28. The van der Waals surface area contributed by atoms with E-state index in [-0.39, 0.29) is 0 Å². The van der Waals surface area contributed by atoms with Crippen molar-refractivity contribution in [1.29, 1.82) is 0 Å². The molecule has 1 N–H and O–H groups in total. The van der Waals surface area contributed by atoms with Gasteiger partial charge in [0.15, 0.2) is 0 Å². The van der Waals surface area contributed by atoms with Gasteiger partial charge >= 0.3 is 0 Å². The van der Waals surface area contributed by atoms with Crippen LogP contribution < -0.4 is 10.2 Å². The molecule has 1 aliphatic heterocycles. The van der Waals surface area contributed by atoms with Crippen LogP contribution in [0.4, 0.5) is 17.1 Å². The Bertz CT molecular complexity index is 545. The van der Waals surface area contributed by atoms with Crippen molar-refractivity contribution in [3.63, 3.8) is 0 Å². The van der Waals surface area contributed by atoms with Crippen LogP contribution in [0.1, 0.15) is 12.8 Å². The number of benzene rings is 2. The highest BCUT2D eigenvalue weighted by atomic mass is 35.5. The molecule has 1 aliphatic rings. The fourth-order valence-corrected chi connectivity index (χ4v) is 2.63. The average molecular weight is 273 g/mol. The summed E-state index contributed by atoms with van der Waals surface area (Å²) < 4.78 is 0. The average Bonchev–Trinajstić information content (AvgIpc) is 2.96. The van der Waals surface area contributed by atoms with E-state index in [4.69, 9.17) is 11.6 Å². The van der Waals surface area contributed by atoms with Gasteiger partial charge in [-0.2, -0.15) is 0 Å². The lowest BCUT2D eigenvalue weighted by atomic mass is 10.2. The summed E-state index contributed by atoms with van der Waals surface area (Å²) in [5, 5.41) is 4.24. The van der Waals surface area contributed by atoms with Crippen LogP contribution >= 0.6 is 11.6 Å². The van der Waals surface area contributed by atoms with Crippen molar-refractivity contribution in [2.45, 2.75) is 12.8 Å². The fraction of sp³-hybridized carbons (Fsp3) is 0.250. The molecule has 0 unspecified atom stereocenters. The lowest BCUT2D eigenvalue weighted by molar-refractivity contribution is 0.949. The van der Waals surface area contributed by atoms with Gasteiger partial charge < -0.3 is 10.2 Å². The van der Waals surface area contributed by atoms with E-state index in [9.17, 15) is 0 Å². The van der Waals surface area contributed by atoms with E-state index in [1.165, 1.54) is 18.5 Å². The summed E-state index contributed by atoms with van der Waals surface area (Å²) >= 11 is 5.91. The van der Waals surface area contributed by atoms with E-state index in [2.05, 4.69) is 34.5 Å². The zero-order chi connectivity index (χ0) is 13.1. The van der Waals surface area contributed by atoms with E-state index in [0.717, 1.165) is 29.5 Å². The Morgan fingerprint density at radius 2 is 1.58 bits per heavy atom. The number of halogens is 1. The van der Waals surface area contributed by atoms with Gasteiger partial charge in [0.25, 0.3) is 0 Å². The number of nitrogens with one attached hydrogen (secondary N) is 1.